The number of aryl methyl sites for hydroxylation is 2. The van der Waals surface area contributed by atoms with Crippen molar-refractivity contribution in [1.82, 2.24) is 18.9 Å². The Hall–Kier alpha value is -3.12. The second-order valence-corrected chi connectivity index (χ2v) is 13.8. The number of hydrogen-bond donors (Lipinski definition) is 1. The van der Waals surface area contributed by atoms with Gasteiger partial charge in [0.05, 0.1) is 31.9 Å². The maximum Gasteiger partial charge on any atom is 0.270 e. The number of rotatable bonds is 3. The summed E-state index contributed by atoms with van der Waals surface area (Å²) in [7, 11) is -2.21. The van der Waals surface area contributed by atoms with Gasteiger partial charge < -0.3 is 17.4 Å². The lowest BCUT2D eigenvalue weighted by Gasteiger charge is -2.08. The van der Waals surface area contributed by atoms with Crippen LogP contribution in [0.2, 0.25) is 10.6 Å². The highest BCUT2D eigenvalue weighted by Crippen LogP contribution is 2.26. The summed E-state index contributed by atoms with van der Waals surface area (Å²) in [6.07, 6.45) is 0. The van der Waals surface area contributed by atoms with E-state index >= 15 is 0 Å². The molecular weight excluding hydrogens is 674 g/mol. The first-order chi connectivity index (χ1) is 19.4. The molecule has 4 aromatic carbocycles. The van der Waals surface area contributed by atoms with E-state index in [1.807, 2.05) is 38.1 Å². The minimum atomic E-state index is -3.75. The van der Waals surface area contributed by atoms with E-state index in [1.54, 1.807) is 60.7 Å². The third kappa shape index (κ3) is 8.95. The van der Waals surface area contributed by atoms with E-state index in [4.69, 9.17) is 33.9 Å². The van der Waals surface area contributed by atoms with Crippen LogP contribution < -0.4 is 12.4 Å². The topological polar surface area (TPSA) is 115 Å². The highest BCUT2D eigenvalue weighted by atomic mass is 35.7. The standard InChI is InChI=1S/C14H11ClN2O2S.C7H5ClN2.C7H7ClO2S.CH4.ClH/c1-10-6-8-11(9-7-10)20(18,19)17-13-5-3-2-4-12(13)16-14(17)15;8-7-9-5-3-1-2-4-6(5)10-7;1-6-2-4-7(5-3-6)11(8,9)10;;/h2-9H,1H3;1-4H,(H,9,10);2-5H,1H3;1H4;1H/p-1. The Morgan fingerprint density at radius 3 is 1.70 bits per heavy atom. The number of para-hydroxylation sites is 4. The molecule has 0 aliphatic carbocycles. The van der Waals surface area contributed by atoms with Gasteiger partial charge >= 0.3 is 0 Å². The minimum absolute atomic E-state index is 0. The summed E-state index contributed by atoms with van der Waals surface area (Å²) in [4.78, 5) is 11.3. The Morgan fingerprint density at radius 2 is 1.16 bits per heavy atom. The zero-order valence-corrected chi connectivity index (χ0v) is 26.7. The first-order valence-electron chi connectivity index (χ1n) is 11.9. The van der Waals surface area contributed by atoms with Crippen LogP contribution in [0.4, 0.5) is 0 Å². The lowest BCUT2D eigenvalue weighted by Crippen LogP contribution is -3.00. The number of H-pyrrole nitrogens is 1. The molecule has 1 N–H and O–H groups in total. The van der Waals surface area contributed by atoms with Crippen LogP contribution in [0.25, 0.3) is 22.1 Å². The van der Waals surface area contributed by atoms with Crippen LogP contribution in [-0.4, -0.2) is 35.8 Å². The Kier molecular flexibility index (Phi) is 12.6. The Balaban J connectivity index is 0.000000240. The third-order valence-corrected chi connectivity index (χ3v) is 9.32. The second kappa shape index (κ2) is 15.1. The molecule has 0 spiro atoms. The van der Waals surface area contributed by atoms with Crippen LogP contribution >= 0.6 is 33.9 Å². The Bertz CT molecular complexity index is 1990. The molecule has 0 unspecified atom stereocenters. The first kappa shape index (κ1) is 36.1. The largest absolute Gasteiger partial charge is 1.00 e. The van der Waals surface area contributed by atoms with E-state index in [9.17, 15) is 16.8 Å². The number of benzene rings is 4. The Morgan fingerprint density at radius 1 is 0.674 bits per heavy atom. The maximum atomic E-state index is 12.7. The molecule has 0 saturated heterocycles. The van der Waals surface area contributed by atoms with Crippen LogP contribution in [-0.2, 0) is 19.1 Å². The summed E-state index contributed by atoms with van der Waals surface area (Å²) in [5.74, 6) is 0. The van der Waals surface area contributed by atoms with Crippen molar-refractivity contribution in [3.63, 3.8) is 0 Å². The van der Waals surface area contributed by atoms with Crippen LogP contribution in [0.1, 0.15) is 18.6 Å². The van der Waals surface area contributed by atoms with E-state index in [2.05, 4.69) is 15.0 Å². The SMILES string of the molecule is C.Cc1ccc(S(=O)(=O)Cl)cc1.Cc1ccc(S(=O)(=O)n2c(Cl)nc3ccccc32)cc1.Clc1nc2ccccc2[nH]1.[Cl-]. The van der Waals surface area contributed by atoms with E-state index in [1.165, 1.54) is 12.1 Å². The van der Waals surface area contributed by atoms with Crippen molar-refractivity contribution < 1.29 is 29.2 Å². The summed E-state index contributed by atoms with van der Waals surface area (Å²) in [5, 5.41) is 0.382. The lowest BCUT2D eigenvalue weighted by molar-refractivity contribution is -0.0000134. The lowest BCUT2D eigenvalue weighted by atomic mass is 10.2. The molecule has 0 radical (unpaired) electrons. The van der Waals surface area contributed by atoms with E-state index < -0.39 is 19.1 Å². The molecular formula is C29H27Cl4N4O4S2-. The average Bonchev–Trinajstić information content (AvgIpc) is 3.47. The van der Waals surface area contributed by atoms with Gasteiger partial charge in [-0.1, -0.05) is 67.1 Å². The molecule has 0 bridgehead atoms. The molecule has 228 valence electrons. The number of aromatic nitrogens is 4. The minimum Gasteiger partial charge on any atom is -1.00 e. The van der Waals surface area contributed by atoms with Crippen molar-refractivity contribution in [3.05, 3.63) is 119 Å². The molecule has 0 fully saturated rings. The number of halogens is 4. The zero-order valence-electron chi connectivity index (χ0n) is 22.0. The second-order valence-electron chi connectivity index (χ2n) is 8.75. The molecule has 0 saturated carbocycles. The van der Waals surface area contributed by atoms with Gasteiger partial charge in [-0.15, -0.1) is 0 Å². The number of fused-ring (bicyclic) bond motifs is 2. The number of nitrogens with zero attached hydrogens (tertiary/aromatic N) is 3. The molecule has 0 aliphatic heterocycles. The smallest absolute Gasteiger partial charge is 0.270 e. The quantitative estimate of drug-likeness (QED) is 0.260. The first-order valence-corrected chi connectivity index (χ1v) is 16.4. The van der Waals surface area contributed by atoms with Gasteiger partial charge in [-0.3, -0.25) is 0 Å². The summed E-state index contributed by atoms with van der Waals surface area (Å²) in [5.41, 5.74) is 4.91. The van der Waals surface area contributed by atoms with Gasteiger partial charge in [0.25, 0.3) is 19.1 Å². The predicted octanol–water partition coefficient (Wildman–Crippen LogP) is 5.01. The van der Waals surface area contributed by atoms with Gasteiger partial charge in [0, 0.05) is 10.7 Å². The fraction of sp³-hybridized carbons (Fsp3) is 0.103. The zero-order chi connectivity index (χ0) is 29.8. The number of nitrogens with one attached hydrogen (secondary N) is 1. The van der Waals surface area contributed by atoms with Gasteiger partial charge in [0.2, 0.25) is 10.6 Å². The van der Waals surface area contributed by atoms with Gasteiger partial charge in [-0.2, -0.15) is 0 Å². The fourth-order valence-corrected chi connectivity index (χ4v) is 6.40. The molecule has 0 aliphatic rings. The van der Waals surface area contributed by atoms with Gasteiger partial charge in [-0.25, -0.2) is 30.8 Å². The third-order valence-electron chi connectivity index (χ3n) is 5.70. The van der Waals surface area contributed by atoms with Gasteiger partial charge in [-0.05, 0) is 85.6 Å². The van der Waals surface area contributed by atoms with Crippen molar-refractivity contribution in [1.29, 1.82) is 0 Å². The van der Waals surface area contributed by atoms with E-state index in [0.29, 0.717) is 16.3 Å². The molecule has 0 atom stereocenters. The summed E-state index contributed by atoms with van der Waals surface area (Å²) in [6.45, 7) is 3.78. The summed E-state index contributed by atoms with van der Waals surface area (Å²) >= 11 is 11.6. The van der Waals surface area contributed by atoms with Crippen LogP contribution in [0.3, 0.4) is 0 Å². The van der Waals surface area contributed by atoms with E-state index in [0.717, 1.165) is 26.1 Å². The van der Waals surface area contributed by atoms with Crippen molar-refractivity contribution >= 4 is 75.0 Å². The highest BCUT2D eigenvalue weighted by Gasteiger charge is 2.23. The normalized spacial score (nSPS) is 10.9. The van der Waals surface area contributed by atoms with Crippen LogP contribution in [0.15, 0.2) is 107 Å². The van der Waals surface area contributed by atoms with Gasteiger partial charge in [0.1, 0.15) is 0 Å². The van der Waals surface area contributed by atoms with Crippen molar-refractivity contribution in [2.45, 2.75) is 31.1 Å². The average molecular weight is 702 g/mol. The van der Waals surface area contributed by atoms with Crippen LogP contribution in [0.5, 0.6) is 0 Å². The van der Waals surface area contributed by atoms with Crippen LogP contribution in [0, 0.1) is 13.8 Å². The molecule has 2 aromatic heterocycles. The molecule has 8 nitrogen and oxygen atoms in total. The highest BCUT2D eigenvalue weighted by molar-refractivity contribution is 8.13. The fourth-order valence-electron chi connectivity index (χ4n) is 3.64. The molecule has 6 aromatic rings. The van der Waals surface area contributed by atoms with Crippen molar-refractivity contribution in [2.75, 3.05) is 0 Å². The molecule has 2 heterocycles. The molecule has 14 heteroatoms. The van der Waals surface area contributed by atoms with E-state index in [-0.39, 0.29) is 34.9 Å². The molecule has 0 amide bonds. The molecule has 6 rings (SSSR count). The maximum absolute atomic E-state index is 12.7. The monoisotopic (exact) mass is 699 g/mol. The Labute approximate surface area is 271 Å². The number of aromatic amines is 1. The molecule has 43 heavy (non-hydrogen) atoms. The van der Waals surface area contributed by atoms with Crippen molar-refractivity contribution in [3.8, 4) is 0 Å². The number of imidazole rings is 2. The number of hydrogen-bond acceptors (Lipinski definition) is 6. The van der Waals surface area contributed by atoms with Crippen molar-refractivity contribution in [2.24, 2.45) is 0 Å². The van der Waals surface area contributed by atoms with Gasteiger partial charge in [0.15, 0.2) is 0 Å². The summed E-state index contributed by atoms with van der Waals surface area (Å²) < 4.78 is 47.8. The predicted molar refractivity (Wildman–Crippen MR) is 171 cm³/mol. The summed E-state index contributed by atoms with van der Waals surface area (Å²) in [6, 6.07) is 27.7.